The molecule has 6 aromatic carbocycles. The van der Waals surface area contributed by atoms with Gasteiger partial charge in [0.1, 0.15) is 17.2 Å². The molecule has 0 atom stereocenters. The van der Waals surface area contributed by atoms with Gasteiger partial charge < -0.3 is 15.3 Å². The third-order valence-corrected chi connectivity index (χ3v) is 10.4. The predicted octanol–water partition coefficient (Wildman–Crippen LogP) is 11.6. The van der Waals surface area contributed by atoms with Crippen molar-refractivity contribution in [2.45, 2.75) is 62.3 Å². The Labute approximate surface area is 351 Å². The zero-order chi connectivity index (χ0) is 42.8. The molecular formula is C51H48N6O3. The summed E-state index contributed by atoms with van der Waals surface area (Å²) in [5.41, 5.74) is 14.8. The lowest BCUT2D eigenvalue weighted by Gasteiger charge is -2.12. The third-order valence-electron chi connectivity index (χ3n) is 10.4. The molecule has 8 aromatic rings. The van der Waals surface area contributed by atoms with E-state index in [1.807, 2.05) is 83.1 Å². The van der Waals surface area contributed by atoms with E-state index >= 15 is 0 Å². The first-order valence-electron chi connectivity index (χ1n) is 19.8. The second kappa shape index (κ2) is 16.9. The van der Waals surface area contributed by atoms with Crippen molar-refractivity contribution in [1.82, 2.24) is 29.9 Å². The second-order valence-electron chi connectivity index (χ2n) is 15.6. The molecule has 0 aliphatic heterocycles. The molecule has 9 nitrogen and oxygen atoms in total. The number of hydrogen-bond acceptors (Lipinski definition) is 9. The molecule has 0 radical (unpaired) electrons. The summed E-state index contributed by atoms with van der Waals surface area (Å²) in [5.74, 6) is 3.17. The zero-order valence-corrected chi connectivity index (χ0v) is 35.4. The minimum atomic E-state index is -0.0839. The summed E-state index contributed by atoms with van der Waals surface area (Å²) in [6.07, 6.45) is 0. The summed E-state index contributed by atoms with van der Waals surface area (Å²) in [6.45, 7) is 18.4. The van der Waals surface area contributed by atoms with E-state index in [0.29, 0.717) is 46.1 Å². The summed E-state index contributed by atoms with van der Waals surface area (Å²) in [7, 11) is 0. The highest BCUT2D eigenvalue weighted by Crippen LogP contribution is 2.35. The first-order chi connectivity index (χ1) is 28.6. The first-order valence-corrected chi connectivity index (χ1v) is 19.8. The van der Waals surface area contributed by atoms with Crippen LogP contribution in [0.5, 0.6) is 17.2 Å². The molecule has 0 aliphatic rings. The van der Waals surface area contributed by atoms with Gasteiger partial charge in [-0.3, -0.25) is 0 Å². The molecule has 300 valence electrons. The van der Waals surface area contributed by atoms with Crippen LogP contribution >= 0.6 is 0 Å². The Hall–Kier alpha value is -7.26. The number of benzene rings is 6. The number of nitrogens with zero attached hydrogens (tertiary/aromatic N) is 6. The van der Waals surface area contributed by atoms with Gasteiger partial charge in [-0.05, 0) is 114 Å². The summed E-state index contributed by atoms with van der Waals surface area (Å²) in [4.78, 5) is 28.4. The van der Waals surface area contributed by atoms with Crippen LogP contribution in [0.3, 0.4) is 0 Å². The molecule has 2 aromatic heterocycles. The lowest BCUT2D eigenvalue weighted by atomic mass is 10.0. The number of aromatic nitrogens is 6. The summed E-state index contributed by atoms with van der Waals surface area (Å²) in [5, 5.41) is 30.6. The highest BCUT2D eigenvalue weighted by atomic mass is 16.3. The maximum absolute atomic E-state index is 10.5. The summed E-state index contributed by atoms with van der Waals surface area (Å²) >= 11 is 0. The zero-order valence-electron chi connectivity index (χ0n) is 35.4. The maximum atomic E-state index is 10.5. The van der Waals surface area contributed by atoms with Gasteiger partial charge in [0, 0.05) is 28.3 Å². The average Bonchev–Trinajstić information content (AvgIpc) is 3.18. The Kier molecular flexibility index (Phi) is 11.5. The number of aromatic hydroxyl groups is 3. The second-order valence-corrected chi connectivity index (χ2v) is 15.6. The smallest absolute Gasteiger partial charge is 0.167 e. The van der Waals surface area contributed by atoms with Crippen molar-refractivity contribution in [3.05, 3.63) is 159 Å². The molecule has 0 saturated carbocycles. The number of phenolic OH excluding ortho intramolecular Hbond substituents is 3. The van der Waals surface area contributed by atoms with Gasteiger partial charge in [-0.1, -0.05) is 101 Å². The van der Waals surface area contributed by atoms with Crippen LogP contribution in [-0.2, 0) is 0 Å². The molecule has 0 unspecified atom stereocenters. The SMILES string of the molecule is Cc1ccc(-c2nc(-c3ccc(C)cc3C)nc(-c3ccc(C)cc3O)n2)c(C)c1.Cc1ccc(-c2nc(-c3ccc(C)cc3C)nc(-c3ccc(O)cc3O)n2)c(C)c1. The number of phenols is 3. The normalized spacial score (nSPS) is 10.9. The van der Waals surface area contributed by atoms with Gasteiger partial charge in [0.05, 0.1) is 11.1 Å². The molecule has 0 spiro atoms. The van der Waals surface area contributed by atoms with Gasteiger partial charge in [0.25, 0.3) is 0 Å². The van der Waals surface area contributed by atoms with Crippen LogP contribution in [0.4, 0.5) is 0 Å². The minimum Gasteiger partial charge on any atom is -0.508 e. The lowest BCUT2D eigenvalue weighted by molar-refractivity contribution is 0.451. The van der Waals surface area contributed by atoms with E-state index in [1.165, 1.54) is 23.3 Å². The molecule has 0 aliphatic carbocycles. The predicted molar refractivity (Wildman–Crippen MR) is 240 cm³/mol. The Morgan fingerprint density at radius 1 is 0.267 bits per heavy atom. The van der Waals surface area contributed by atoms with Crippen molar-refractivity contribution in [2.24, 2.45) is 0 Å². The molecule has 3 N–H and O–H groups in total. The highest BCUT2D eigenvalue weighted by Gasteiger charge is 2.19. The van der Waals surface area contributed by atoms with E-state index in [-0.39, 0.29) is 17.2 Å². The van der Waals surface area contributed by atoms with Gasteiger partial charge in [-0.2, -0.15) is 0 Å². The topological polar surface area (TPSA) is 138 Å². The van der Waals surface area contributed by atoms with E-state index in [2.05, 4.69) is 74.1 Å². The fourth-order valence-corrected chi connectivity index (χ4v) is 7.27. The largest absolute Gasteiger partial charge is 0.508 e. The van der Waals surface area contributed by atoms with Crippen molar-refractivity contribution < 1.29 is 15.3 Å². The van der Waals surface area contributed by atoms with Gasteiger partial charge in [-0.25, -0.2) is 29.9 Å². The standard InChI is InChI=1S/C26H25N3O.C25H23N3O2/c1-15-6-9-20(18(4)12-15)24-27-25(21-10-7-16(2)13-19(21)5)29-26(28-24)22-11-8-17(3)14-23(22)30;1-14-5-8-19(16(3)11-14)23-26-24(20-9-6-15(2)12-17(20)4)28-25(27-23)21-10-7-18(29)13-22(21)30/h6-14,30H,1-5H3;5-13,29-30H,1-4H3. The molecule has 0 saturated heterocycles. The van der Waals surface area contributed by atoms with E-state index in [9.17, 15) is 15.3 Å². The lowest BCUT2D eigenvalue weighted by Crippen LogP contribution is -2.02. The van der Waals surface area contributed by atoms with Crippen LogP contribution < -0.4 is 0 Å². The molecular weight excluding hydrogens is 745 g/mol. The Morgan fingerprint density at radius 2 is 0.500 bits per heavy atom. The van der Waals surface area contributed by atoms with Crippen molar-refractivity contribution in [1.29, 1.82) is 0 Å². The van der Waals surface area contributed by atoms with E-state index in [1.54, 1.807) is 12.1 Å². The third kappa shape index (κ3) is 8.90. The quantitative estimate of drug-likeness (QED) is 0.150. The van der Waals surface area contributed by atoms with Gasteiger partial charge in [-0.15, -0.1) is 0 Å². The Morgan fingerprint density at radius 3 is 0.767 bits per heavy atom. The van der Waals surface area contributed by atoms with Crippen LogP contribution in [0, 0.1) is 62.3 Å². The van der Waals surface area contributed by atoms with Crippen LogP contribution in [0.25, 0.3) is 68.3 Å². The summed E-state index contributed by atoms with van der Waals surface area (Å²) < 4.78 is 0. The molecule has 9 heteroatoms. The molecule has 60 heavy (non-hydrogen) atoms. The van der Waals surface area contributed by atoms with Crippen LogP contribution in [0.15, 0.2) is 109 Å². The molecule has 8 rings (SSSR count). The van der Waals surface area contributed by atoms with Crippen molar-refractivity contribution in [3.8, 4) is 85.6 Å². The molecule has 2 heterocycles. The first kappa shape index (κ1) is 40.9. The Balaban J connectivity index is 0.000000181. The number of rotatable bonds is 6. The monoisotopic (exact) mass is 792 g/mol. The van der Waals surface area contributed by atoms with E-state index < -0.39 is 0 Å². The van der Waals surface area contributed by atoms with Gasteiger partial charge in [0.15, 0.2) is 34.9 Å². The fraction of sp³-hybridized carbons (Fsp3) is 0.176. The maximum Gasteiger partial charge on any atom is 0.167 e. The van der Waals surface area contributed by atoms with Gasteiger partial charge in [0.2, 0.25) is 0 Å². The van der Waals surface area contributed by atoms with Gasteiger partial charge >= 0.3 is 0 Å². The van der Waals surface area contributed by atoms with Crippen molar-refractivity contribution in [3.63, 3.8) is 0 Å². The molecule has 0 amide bonds. The Bertz CT molecular complexity index is 2390. The number of hydrogen-bond donors (Lipinski definition) is 3. The fourth-order valence-electron chi connectivity index (χ4n) is 7.27. The summed E-state index contributed by atoms with van der Waals surface area (Å²) in [6, 6.07) is 34.7. The number of aryl methyl sites for hydroxylation is 9. The van der Waals surface area contributed by atoms with Crippen LogP contribution in [-0.4, -0.2) is 45.2 Å². The highest BCUT2D eigenvalue weighted by molar-refractivity contribution is 5.74. The van der Waals surface area contributed by atoms with Crippen molar-refractivity contribution >= 4 is 0 Å². The molecule has 0 fully saturated rings. The van der Waals surface area contributed by atoms with E-state index in [4.69, 9.17) is 19.9 Å². The molecule has 0 bridgehead atoms. The van der Waals surface area contributed by atoms with E-state index in [0.717, 1.165) is 61.2 Å². The van der Waals surface area contributed by atoms with Crippen molar-refractivity contribution in [2.75, 3.05) is 0 Å². The van der Waals surface area contributed by atoms with Crippen LogP contribution in [0.2, 0.25) is 0 Å². The minimum absolute atomic E-state index is 0.0190. The average molecular weight is 793 g/mol. The van der Waals surface area contributed by atoms with Crippen LogP contribution in [0.1, 0.15) is 50.1 Å².